The van der Waals surface area contributed by atoms with Gasteiger partial charge in [0, 0.05) is 24.1 Å². The van der Waals surface area contributed by atoms with Crippen LogP contribution in [0.25, 0.3) is 0 Å². The maximum Gasteiger partial charge on any atom is 0.103 e. The van der Waals surface area contributed by atoms with E-state index in [9.17, 15) is 0 Å². The lowest BCUT2D eigenvalue weighted by Crippen LogP contribution is -2.47. The lowest BCUT2D eigenvalue weighted by atomic mass is 9.93. The minimum atomic E-state index is -0.228. The van der Waals surface area contributed by atoms with E-state index in [-0.39, 0.29) is 5.60 Å². The van der Waals surface area contributed by atoms with Gasteiger partial charge in [-0.15, -0.1) is 0 Å². The molecule has 0 aromatic heterocycles. The zero-order valence-electron chi connectivity index (χ0n) is 12.3. The average molecular weight is 346 g/mol. The van der Waals surface area contributed by atoms with Gasteiger partial charge in [-0.2, -0.15) is 0 Å². The predicted octanol–water partition coefficient (Wildman–Crippen LogP) is 4.20. The van der Waals surface area contributed by atoms with Crippen molar-refractivity contribution in [1.82, 2.24) is 4.90 Å². The van der Waals surface area contributed by atoms with Crippen molar-refractivity contribution in [1.29, 1.82) is 0 Å². The molecule has 0 N–H and O–H groups in total. The molecule has 2 nitrogen and oxygen atoms in total. The van der Waals surface area contributed by atoms with E-state index >= 15 is 0 Å². The van der Waals surface area contributed by atoms with E-state index in [2.05, 4.69) is 82.4 Å². The highest BCUT2D eigenvalue weighted by molar-refractivity contribution is 9.10. The van der Waals surface area contributed by atoms with Crippen LogP contribution in [0.3, 0.4) is 0 Å². The first-order valence-electron chi connectivity index (χ1n) is 7.32. The maximum absolute atomic E-state index is 6.10. The van der Waals surface area contributed by atoms with Crippen LogP contribution in [0.1, 0.15) is 18.1 Å². The number of hydrogen-bond acceptors (Lipinski definition) is 2. The van der Waals surface area contributed by atoms with Gasteiger partial charge in [-0.1, -0.05) is 58.4 Å². The largest absolute Gasteiger partial charge is 0.368 e. The van der Waals surface area contributed by atoms with Crippen molar-refractivity contribution in [2.24, 2.45) is 0 Å². The summed E-state index contributed by atoms with van der Waals surface area (Å²) in [5, 5.41) is 0. The molecule has 0 radical (unpaired) electrons. The zero-order chi connectivity index (χ0) is 14.7. The molecule has 0 saturated carbocycles. The van der Waals surface area contributed by atoms with Crippen molar-refractivity contribution in [3.05, 3.63) is 70.2 Å². The number of morpholine rings is 1. The van der Waals surface area contributed by atoms with E-state index < -0.39 is 0 Å². The molecule has 3 heteroatoms. The van der Waals surface area contributed by atoms with Gasteiger partial charge in [-0.25, -0.2) is 0 Å². The maximum atomic E-state index is 6.10. The van der Waals surface area contributed by atoms with E-state index in [1.807, 2.05) is 0 Å². The molecule has 2 aromatic rings. The van der Waals surface area contributed by atoms with Gasteiger partial charge in [0.25, 0.3) is 0 Å². The van der Waals surface area contributed by atoms with E-state index in [0.717, 1.165) is 30.7 Å². The first-order valence-corrected chi connectivity index (χ1v) is 8.11. The highest BCUT2D eigenvalue weighted by Gasteiger charge is 2.33. The molecule has 1 atom stereocenters. The SMILES string of the molecule is CC1(c2ccc(Br)cc2)CN(Cc2ccccc2)CCO1. The van der Waals surface area contributed by atoms with Gasteiger partial charge in [0.2, 0.25) is 0 Å². The van der Waals surface area contributed by atoms with Crippen LogP contribution < -0.4 is 0 Å². The van der Waals surface area contributed by atoms with Gasteiger partial charge in [0.1, 0.15) is 5.60 Å². The Bertz CT molecular complexity index is 584. The fourth-order valence-corrected chi connectivity index (χ4v) is 3.17. The average Bonchev–Trinajstić information content (AvgIpc) is 2.49. The Morgan fingerprint density at radius 2 is 1.81 bits per heavy atom. The van der Waals surface area contributed by atoms with E-state index in [1.165, 1.54) is 11.1 Å². The summed E-state index contributed by atoms with van der Waals surface area (Å²) in [5.41, 5.74) is 2.37. The van der Waals surface area contributed by atoms with E-state index in [0.29, 0.717) is 0 Å². The summed E-state index contributed by atoms with van der Waals surface area (Å²) in [5.74, 6) is 0. The van der Waals surface area contributed by atoms with Crippen LogP contribution in [0.4, 0.5) is 0 Å². The second-order valence-electron chi connectivity index (χ2n) is 5.78. The summed E-state index contributed by atoms with van der Waals surface area (Å²) in [6.07, 6.45) is 0. The molecule has 2 aromatic carbocycles. The van der Waals surface area contributed by atoms with Crippen molar-refractivity contribution < 1.29 is 4.74 Å². The van der Waals surface area contributed by atoms with Crippen molar-refractivity contribution in [2.75, 3.05) is 19.7 Å². The van der Waals surface area contributed by atoms with Crippen molar-refractivity contribution in [2.45, 2.75) is 19.1 Å². The Morgan fingerprint density at radius 3 is 2.52 bits per heavy atom. The lowest BCUT2D eigenvalue weighted by molar-refractivity contribution is -0.105. The molecule has 0 spiro atoms. The Hall–Kier alpha value is -1.16. The molecule has 1 heterocycles. The van der Waals surface area contributed by atoms with Crippen LogP contribution >= 0.6 is 15.9 Å². The second-order valence-corrected chi connectivity index (χ2v) is 6.70. The molecule has 0 amide bonds. The van der Waals surface area contributed by atoms with Crippen LogP contribution in [-0.4, -0.2) is 24.6 Å². The Labute approximate surface area is 134 Å². The normalized spacial score (nSPS) is 23.1. The quantitative estimate of drug-likeness (QED) is 0.826. The smallest absolute Gasteiger partial charge is 0.103 e. The summed E-state index contributed by atoms with van der Waals surface area (Å²) >= 11 is 3.49. The highest BCUT2D eigenvalue weighted by Crippen LogP contribution is 2.30. The van der Waals surface area contributed by atoms with Crippen molar-refractivity contribution in [3.63, 3.8) is 0 Å². The molecule has 1 unspecified atom stereocenters. The fourth-order valence-electron chi connectivity index (χ4n) is 2.91. The summed E-state index contributed by atoms with van der Waals surface area (Å²) in [6, 6.07) is 19.1. The van der Waals surface area contributed by atoms with Gasteiger partial charge < -0.3 is 4.74 Å². The third-order valence-electron chi connectivity index (χ3n) is 4.06. The molecule has 1 saturated heterocycles. The highest BCUT2D eigenvalue weighted by atomic mass is 79.9. The van der Waals surface area contributed by atoms with Gasteiger partial charge in [-0.05, 0) is 30.2 Å². The minimum absolute atomic E-state index is 0.228. The minimum Gasteiger partial charge on any atom is -0.368 e. The zero-order valence-corrected chi connectivity index (χ0v) is 13.8. The monoisotopic (exact) mass is 345 g/mol. The molecule has 1 aliphatic rings. The van der Waals surface area contributed by atoms with Gasteiger partial charge in [-0.3, -0.25) is 4.90 Å². The van der Waals surface area contributed by atoms with Crippen LogP contribution in [0.15, 0.2) is 59.1 Å². The Kier molecular flexibility index (Phi) is 4.43. The van der Waals surface area contributed by atoms with Crippen LogP contribution in [-0.2, 0) is 16.9 Å². The lowest BCUT2D eigenvalue weighted by Gasteiger charge is -2.41. The predicted molar refractivity (Wildman–Crippen MR) is 89.2 cm³/mol. The Morgan fingerprint density at radius 1 is 1.10 bits per heavy atom. The first-order chi connectivity index (χ1) is 10.2. The first kappa shape index (κ1) is 14.8. The molecule has 110 valence electrons. The molecule has 0 bridgehead atoms. The van der Waals surface area contributed by atoms with E-state index in [1.54, 1.807) is 0 Å². The summed E-state index contributed by atoms with van der Waals surface area (Å²) in [7, 11) is 0. The van der Waals surface area contributed by atoms with E-state index in [4.69, 9.17) is 4.74 Å². The number of ether oxygens (including phenoxy) is 1. The van der Waals surface area contributed by atoms with Crippen LogP contribution in [0.5, 0.6) is 0 Å². The summed E-state index contributed by atoms with van der Waals surface area (Å²) in [6.45, 7) is 5.85. The number of benzene rings is 2. The number of rotatable bonds is 3. The number of halogens is 1. The van der Waals surface area contributed by atoms with Crippen molar-refractivity contribution in [3.8, 4) is 0 Å². The second kappa shape index (κ2) is 6.30. The standard InChI is InChI=1S/C18H20BrNO/c1-18(16-7-9-17(19)10-8-16)14-20(11-12-21-18)13-15-5-3-2-4-6-15/h2-10H,11-14H2,1H3. The molecule has 3 rings (SSSR count). The number of hydrogen-bond donors (Lipinski definition) is 0. The molecule has 1 aliphatic heterocycles. The Balaban J connectivity index is 1.74. The topological polar surface area (TPSA) is 12.5 Å². The van der Waals surface area contributed by atoms with Crippen LogP contribution in [0, 0.1) is 0 Å². The third-order valence-corrected chi connectivity index (χ3v) is 4.59. The fraction of sp³-hybridized carbons (Fsp3) is 0.333. The van der Waals surface area contributed by atoms with Gasteiger partial charge in [0.05, 0.1) is 6.61 Å². The van der Waals surface area contributed by atoms with Gasteiger partial charge >= 0.3 is 0 Å². The molecule has 1 fully saturated rings. The molecular formula is C18H20BrNO. The molecule has 0 aliphatic carbocycles. The van der Waals surface area contributed by atoms with Crippen molar-refractivity contribution >= 4 is 15.9 Å². The summed E-state index contributed by atoms with van der Waals surface area (Å²) in [4.78, 5) is 2.47. The summed E-state index contributed by atoms with van der Waals surface area (Å²) < 4.78 is 7.21. The van der Waals surface area contributed by atoms with Gasteiger partial charge in [0.15, 0.2) is 0 Å². The molecule has 21 heavy (non-hydrogen) atoms. The third kappa shape index (κ3) is 3.54. The van der Waals surface area contributed by atoms with Crippen LogP contribution in [0.2, 0.25) is 0 Å². The molecular weight excluding hydrogens is 326 g/mol. The number of nitrogens with zero attached hydrogens (tertiary/aromatic N) is 1.